The van der Waals surface area contributed by atoms with Gasteiger partial charge in [0.05, 0.1) is 11.3 Å². The van der Waals surface area contributed by atoms with Crippen LogP contribution in [0.1, 0.15) is 92.0 Å². The second-order valence-electron chi connectivity index (χ2n) is 9.46. The minimum absolute atomic E-state index is 0.0608. The van der Waals surface area contributed by atoms with Crippen LogP contribution in [0.3, 0.4) is 0 Å². The number of carbonyl (C=O) groups is 2. The van der Waals surface area contributed by atoms with E-state index in [-0.39, 0.29) is 23.9 Å². The van der Waals surface area contributed by atoms with Crippen molar-refractivity contribution in [2.75, 3.05) is 0 Å². The normalized spacial score (nSPS) is 19.4. The predicted octanol–water partition coefficient (Wildman–Crippen LogP) is 5.73. The fourth-order valence-corrected chi connectivity index (χ4v) is 5.35. The van der Waals surface area contributed by atoms with Crippen LogP contribution >= 0.6 is 0 Å². The number of primary amides is 1. The Morgan fingerprint density at radius 2 is 1.97 bits per heavy atom. The number of carboxylic acid groups (broad SMARTS) is 1. The fraction of sp³-hybridized carbons (Fsp3) is 0.481. The van der Waals surface area contributed by atoms with Crippen LogP contribution < -0.4 is 5.73 Å². The molecule has 0 radical (unpaired) electrons. The van der Waals surface area contributed by atoms with E-state index in [1.807, 2.05) is 23.6 Å². The van der Waals surface area contributed by atoms with Crippen molar-refractivity contribution in [2.24, 2.45) is 11.7 Å². The third-order valence-electron chi connectivity index (χ3n) is 7.09. The van der Waals surface area contributed by atoms with E-state index in [1.54, 1.807) is 12.3 Å². The van der Waals surface area contributed by atoms with E-state index in [0.717, 1.165) is 37.7 Å². The molecule has 2 heterocycles. The van der Waals surface area contributed by atoms with E-state index < -0.39 is 5.97 Å². The number of hydrogen-bond donors (Lipinski definition) is 2. The van der Waals surface area contributed by atoms with E-state index in [9.17, 15) is 14.7 Å². The molecule has 1 saturated carbocycles. The van der Waals surface area contributed by atoms with Crippen molar-refractivity contribution in [3.63, 3.8) is 0 Å². The van der Waals surface area contributed by atoms with Gasteiger partial charge in [-0.3, -0.25) is 4.79 Å². The molecule has 1 unspecified atom stereocenters. The number of aromatic carboxylic acids is 1. The quantitative estimate of drug-likeness (QED) is 0.483. The highest BCUT2D eigenvalue weighted by atomic mass is 16.5. The minimum atomic E-state index is -0.989. The lowest BCUT2D eigenvalue weighted by atomic mass is 9.83. The summed E-state index contributed by atoms with van der Waals surface area (Å²) in [5.41, 5.74) is 8.07. The zero-order chi connectivity index (χ0) is 24.1. The Balaban J connectivity index is 1.69. The first-order valence-electron chi connectivity index (χ1n) is 12.3. The molecule has 3 N–H and O–H groups in total. The van der Waals surface area contributed by atoms with Crippen LogP contribution in [0.4, 0.5) is 0 Å². The van der Waals surface area contributed by atoms with Gasteiger partial charge < -0.3 is 24.9 Å². The van der Waals surface area contributed by atoms with Crippen LogP contribution in [0, 0.1) is 12.8 Å². The third-order valence-corrected chi connectivity index (χ3v) is 7.09. The Kier molecular flexibility index (Phi) is 7.60. The zero-order valence-corrected chi connectivity index (χ0v) is 19.8. The molecule has 0 spiro atoms. The highest BCUT2D eigenvalue weighted by molar-refractivity contribution is 5.90. The van der Waals surface area contributed by atoms with Crippen molar-refractivity contribution in [3.05, 3.63) is 65.1 Å². The second-order valence-corrected chi connectivity index (χ2v) is 9.46. The van der Waals surface area contributed by atoms with Crippen molar-refractivity contribution in [3.8, 4) is 0 Å². The number of ether oxygens (including phenoxy) is 2. The molecule has 1 amide bonds. The van der Waals surface area contributed by atoms with Crippen LogP contribution in [0.25, 0.3) is 5.76 Å². The van der Waals surface area contributed by atoms with Gasteiger partial charge in [0.2, 0.25) is 5.91 Å². The maximum atomic E-state index is 12.1. The van der Waals surface area contributed by atoms with E-state index in [4.69, 9.17) is 15.2 Å². The topological polar surface area (TPSA) is 104 Å². The molecule has 1 aromatic rings. The molecule has 7 heteroatoms. The summed E-state index contributed by atoms with van der Waals surface area (Å²) in [6, 6.07) is 1.60. The van der Waals surface area contributed by atoms with Crippen molar-refractivity contribution in [2.45, 2.75) is 77.2 Å². The average molecular weight is 467 g/mol. The number of rotatable bonds is 9. The van der Waals surface area contributed by atoms with E-state index in [1.165, 1.54) is 25.5 Å². The molecular formula is C27H34N2O5. The molecule has 7 nitrogen and oxygen atoms in total. The lowest BCUT2D eigenvalue weighted by Crippen LogP contribution is -2.22. The van der Waals surface area contributed by atoms with Gasteiger partial charge in [0.1, 0.15) is 12.5 Å². The number of carbonyl (C=O) groups excluding carboxylic acids is 1. The Hall–Kier alpha value is -3.22. The summed E-state index contributed by atoms with van der Waals surface area (Å²) in [4.78, 5) is 23.7. The molecule has 1 aliphatic heterocycles. The monoisotopic (exact) mass is 466 g/mol. The lowest BCUT2D eigenvalue weighted by molar-refractivity contribution is -0.118. The third kappa shape index (κ3) is 5.46. The maximum absolute atomic E-state index is 12.1. The number of nitrogens with two attached hydrogens (primary N) is 1. The van der Waals surface area contributed by atoms with Gasteiger partial charge in [-0.2, -0.15) is 0 Å². The predicted molar refractivity (Wildman–Crippen MR) is 129 cm³/mol. The average Bonchev–Trinajstić information content (AvgIpc) is 3.20. The summed E-state index contributed by atoms with van der Waals surface area (Å²) in [7, 11) is 0. The van der Waals surface area contributed by atoms with Crippen LogP contribution in [-0.4, -0.2) is 21.6 Å². The number of aromatic nitrogens is 1. The number of nitrogens with zero attached hydrogens (tertiary/aromatic N) is 1. The Morgan fingerprint density at radius 1 is 1.21 bits per heavy atom. The smallest absolute Gasteiger partial charge is 0.337 e. The van der Waals surface area contributed by atoms with Crippen LogP contribution in [0.5, 0.6) is 0 Å². The molecule has 0 saturated heterocycles. The van der Waals surface area contributed by atoms with Crippen LogP contribution in [0.2, 0.25) is 0 Å². The molecule has 1 aromatic heterocycles. The summed E-state index contributed by atoms with van der Waals surface area (Å²) in [5.74, 6) is 0.303. The fourth-order valence-electron chi connectivity index (χ4n) is 5.35. The molecule has 1 atom stereocenters. The van der Waals surface area contributed by atoms with Gasteiger partial charge in [0, 0.05) is 18.2 Å². The zero-order valence-electron chi connectivity index (χ0n) is 19.8. The lowest BCUT2D eigenvalue weighted by Gasteiger charge is -2.30. The van der Waals surface area contributed by atoms with Crippen molar-refractivity contribution < 1.29 is 24.2 Å². The molecule has 1 fully saturated rings. The highest BCUT2D eigenvalue weighted by Crippen LogP contribution is 2.38. The number of amides is 1. The Morgan fingerprint density at radius 3 is 2.65 bits per heavy atom. The number of hydrogen-bond acceptors (Lipinski definition) is 4. The summed E-state index contributed by atoms with van der Waals surface area (Å²) in [5, 5.41) is 9.87. The first kappa shape index (κ1) is 23.9. The van der Waals surface area contributed by atoms with Gasteiger partial charge in [-0.05, 0) is 50.2 Å². The Bertz CT molecular complexity index is 1050. The Labute approximate surface area is 200 Å². The summed E-state index contributed by atoms with van der Waals surface area (Å²) in [6.45, 7) is 1.82. The SMILES string of the molecule is Cc1c(C(=O)O)cc(C2=COC=C(C3=CC=CCC3)O2)n1C(CCC(N)=O)CC1CCCCC1. The highest BCUT2D eigenvalue weighted by Gasteiger charge is 2.29. The van der Waals surface area contributed by atoms with Gasteiger partial charge in [0.15, 0.2) is 11.5 Å². The standard InChI is InChI=1S/C27H34N2O5/c1-18-22(27(31)32)15-23(25-17-33-16-24(34-25)20-10-6-3-7-11-20)29(18)21(12-13-26(28)30)14-19-8-4-2-5-9-19/h3,6,10,15-17,19,21H,2,4-5,7-9,11-14H2,1H3,(H2,28,30)(H,31,32). The summed E-state index contributed by atoms with van der Waals surface area (Å²) >= 11 is 0. The number of carboxylic acids is 1. The van der Waals surface area contributed by atoms with Crippen LogP contribution in [-0.2, 0) is 14.3 Å². The van der Waals surface area contributed by atoms with Crippen molar-refractivity contribution in [1.29, 1.82) is 0 Å². The molecular weight excluding hydrogens is 432 g/mol. The van der Waals surface area contributed by atoms with Crippen LogP contribution in [0.15, 0.2) is 48.2 Å². The van der Waals surface area contributed by atoms with E-state index >= 15 is 0 Å². The molecule has 0 aromatic carbocycles. The molecule has 34 heavy (non-hydrogen) atoms. The van der Waals surface area contributed by atoms with Gasteiger partial charge >= 0.3 is 5.97 Å². The molecule has 182 valence electrons. The van der Waals surface area contributed by atoms with E-state index in [2.05, 4.69) is 6.08 Å². The van der Waals surface area contributed by atoms with Crippen molar-refractivity contribution in [1.82, 2.24) is 4.57 Å². The summed E-state index contributed by atoms with van der Waals surface area (Å²) < 4.78 is 13.9. The molecule has 2 aliphatic carbocycles. The molecule has 4 rings (SSSR count). The second kappa shape index (κ2) is 10.8. The van der Waals surface area contributed by atoms with Gasteiger partial charge in [-0.1, -0.05) is 50.3 Å². The number of allylic oxidation sites excluding steroid dienone is 4. The van der Waals surface area contributed by atoms with Gasteiger partial charge in [-0.25, -0.2) is 4.79 Å². The minimum Gasteiger partial charge on any atom is -0.478 e. The molecule has 0 bridgehead atoms. The van der Waals surface area contributed by atoms with Crippen molar-refractivity contribution >= 4 is 17.6 Å². The first-order valence-corrected chi connectivity index (χ1v) is 12.3. The maximum Gasteiger partial charge on any atom is 0.337 e. The van der Waals surface area contributed by atoms with E-state index in [0.29, 0.717) is 35.2 Å². The van der Waals surface area contributed by atoms with Gasteiger partial charge in [-0.15, -0.1) is 0 Å². The van der Waals surface area contributed by atoms with Gasteiger partial charge in [0.25, 0.3) is 0 Å². The largest absolute Gasteiger partial charge is 0.478 e. The first-order chi connectivity index (χ1) is 16.4. The summed E-state index contributed by atoms with van der Waals surface area (Å²) in [6.07, 6.45) is 18.7. The molecule has 3 aliphatic rings.